The zero-order valence-corrected chi connectivity index (χ0v) is 18.9. The molecule has 3 aromatic carbocycles. The Morgan fingerprint density at radius 3 is 2.29 bits per heavy atom. The molecule has 6 rings (SSSR count). The van der Waals surface area contributed by atoms with Crippen molar-refractivity contribution in [3.8, 4) is 5.69 Å². The summed E-state index contributed by atoms with van der Waals surface area (Å²) in [6, 6.07) is 22.7. The van der Waals surface area contributed by atoms with E-state index >= 15 is 0 Å². The van der Waals surface area contributed by atoms with Gasteiger partial charge in [0.05, 0.1) is 29.1 Å². The average molecular weight is 467 g/mol. The number of imidazole rings is 1. The molecule has 0 spiro atoms. The molecule has 4 aromatic rings. The van der Waals surface area contributed by atoms with E-state index in [2.05, 4.69) is 9.55 Å². The summed E-state index contributed by atoms with van der Waals surface area (Å²) in [4.78, 5) is 36.4. The normalized spacial score (nSPS) is 14.4. The number of hydrogen-bond donors (Lipinski definition) is 0. The molecule has 0 fully saturated rings. The number of rotatable bonds is 4. The Balaban J connectivity index is 1.36. The number of carbonyl (C=O) groups is 2. The summed E-state index contributed by atoms with van der Waals surface area (Å²) in [5, 5.41) is 0.624. The molecule has 6 nitrogen and oxygen atoms in total. The quantitative estimate of drug-likeness (QED) is 0.409. The van der Waals surface area contributed by atoms with E-state index in [1.165, 1.54) is 4.90 Å². The zero-order chi connectivity index (χ0) is 23.2. The highest BCUT2D eigenvalue weighted by atomic mass is 35.5. The van der Waals surface area contributed by atoms with Gasteiger partial charge in [0.1, 0.15) is 5.82 Å². The van der Waals surface area contributed by atoms with Crippen LogP contribution in [0, 0.1) is 0 Å². The lowest BCUT2D eigenvalue weighted by Gasteiger charge is -2.17. The van der Waals surface area contributed by atoms with Gasteiger partial charge in [-0.25, -0.2) is 4.98 Å². The van der Waals surface area contributed by atoms with Gasteiger partial charge in [-0.05, 0) is 30.3 Å². The minimum absolute atomic E-state index is 0.252. The first-order valence-electron chi connectivity index (χ1n) is 11.0. The number of aliphatic imine (C=N–C) groups is 1. The summed E-state index contributed by atoms with van der Waals surface area (Å²) in [5.41, 5.74) is 5.52. The van der Waals surface area contributed by atoms with Crippen molar-refractivity contribution in [1.82, 2.24) is 14.5 Å². The molecule has 0 saturated carbocycles. The Bertz CT molecular complexity index is 1450. The lowest BCUT2D eigenvalue weighted by atomic mass is 10.0. The molecule has 0 atom stereocenters. The SMILES string of the molecule is O=C1c2ccccc2C(=O)N1CCc1cnc2n1-c1ccc(Cl)cc1C(c1ccccc1)=NC2. The van der Waals surface area contributed by atoms with Crippen LogP contribution in [0.25, 0.3) is 5.69 Å². The van der Waals surface area contributed by atoms with Crippen LogP contribution in [0.4, 0.5) is 0 Å². The highest BCUT2D eigenvalue weighted by Gasteiger charge is 2.35. The second kappa shape index (κ2) is 8.08. The third-order valence-corrected chi connectivity index (χ3v) is 6.49. The molecule has 0 aliphatic carbocycles. The van der Waals surface area contributed by atoms with E-state index in [-0.39, 0.29) is 18.4 Å². The molecular weight excluding hydrogens is 448 g/mol. The third-order valence-electron chi connectivity index (χ3n) is 6.26. The summed E-state index contributed by atoms with van der Waals surface area (Å²) in [6.07, 6.45) is 2.27. The number of amides is 2. The Hall–Kier alpha value is -4.03. The van der Waals surface area contributed by atoms with Gasteiger partial charge in [0.15, 0.2) is 0 Å². The summed E-state index contributed by atoms with van der Waals surface area (Å²) < 4.78 is 2.07. The molecule has 2 aliphatic rings. The smallest absolute Gasteiger partial charge is 0.261 e. The summed E-state index contributed by atoms with van der Waals surface area (Å²) in [7, 11) is 0. The number of imide groups is 1. The van der Waals surface area contributed by atoms with Gasteiger partial charge in [-0.2, -0.15) is 0 Å². The number of aromatic nitrogens is 2. The Morgan fingerprint density at radius 2 is 1.56 bits per heavy atom. The van der Waals surface area contributed by atoms with Crippen LogP contribution in [0.5, 0.6) is 0 Å². The standard InChI is InChI=1S/C27H19ClN4O2/c28-18-10-11-23-22(14-18)25(17-6-2-1-3-7-17)30-16-24-29-15-19(32(23)24)12-13-31-26(33)20-8-4-5-9-21(20)27(31)34/h1-11,14-15H,12-13,16H2. The van der Waals surface area contributed by atoms with E-state index in [1.54, 1.807) is 30.5 Å². The molecule has 0 radical (unpaired) electrons. The predicted octanol–water partition coefficient (Wildman–Crippen LogP) is 4.72. The number of carbonyl (C=O) groups excluding carboxylic acids is 2. The molecule has 1 aromatic heterocycles. The molecule has 0 bridgehead atoms. The topological polar surface area (TPSA) is 67.6 Å². The van der Waals surface area contributed by atoms with Gasteiger partial charge in [-0.15, -0.1) is 0 Å². The van der Waals surface area contributed by atoms with Gasteiger partial charge in [0.25, 0.3) is 11.8 Å². The van der Waals surface area contributed by atoms with Gasteiger partial charge in [-0.3, -0.25) is 24.0 Å². The van der Waals surface area contributed by atoms with Crippen LogP contribution in [0.2, 0.25) is 5.02 Å². The van der Waals surface area contributed by atoms with Crippen LogP contribution in [0.1, 0.15) is 43.4 Å². The van der Waals surface area contributed by atoms with Crippen LogP contribution in [0.15, 0.2) is 84.0 Å². The van der Waals surface area contributed by atoms with E-state index in [0.29, 0.717) is 29.1 Å². The predicted molar refractivity (Wildman–Crippen MR) is 130 cm³/mol. The highest BCUT2D eigenvalue weighted by molar-refractivity contribution is 6.31. The van der Waals surface area contributed by atoms with Crippen molar-refractivity contribution >= 4 is 29.1 Å². The first-order valence-corrected chi connectivity index (χ1v) is 11.4. The summed E-state index contributed by atoms with van der Waals surface area (Å²) >= 11 is 6.39. The lowest BCUT2D eigenvalue weighted by molar-refractivity contribution is 0.0655. The molecule has 0 unspecified atom stereocenters. The van der Waals surface area contributed by atoms with Crippen molar-refractivity contribution in [2.45, 2.75) is 13.0 Å². The molecule has 3 heterocycles. The second-order valence-corrected chi connectivity index (χ2v) is 8.69. The number of hydrogen-bond acceptors (Lipinski definition) is 4. The molecule has 34 heavy (non-hydrogen) atoms. The maximum Gasteiger partial charge on any atom is 0.261 e. The van der Waals surface area contributed by atoms with Gasteiger partial charge in [0.2, 0.25) is 0 Å². The average Bonchev–Trinajstić information content (AvgIpc) is 3.31. The summed E-state index contributed by atoms with van der Waals surface area (Å²) in [5.74, 6) is 0.294. The van der Waals surface area contributed by atoms with E-state index in [1.807, 2.05) is 48.5 Å². The van der Waals surface area contributed by atoms with Crippen LogP contribution < -0.4 is 0 Å². The highest BCUT2D eigenvalue weighted by Crippen LogP contribution is 2.30. The summed E-state index contributed by atoms with van der Waals surface area (Å²) in [6.45, 7) is 0.677. The number of nitrogens with zero attached hydrogens (tertiary/aromatic N) is 4. The van der Waals surface area contributed by atoms with E-state index in [4.69, 9.17) is 16.6 Å². The minimum atomic E-state index is -0.252. The van der Waals surface area contributed by atoms with E-state index in [0.717, 1.165) is 34.0 Å². The number of fused-ring (bicyclic) bond motifs is 4. The molecule has 0 N–H and O–H groups in total. The Labute approximate surface area is 201 Å². The van der Waals surface area contributed by atoms with Crippen LogP contribution in [-0.2, 0) is 13.0 Å². The fourth-order valence-corrected chi connectivity index (χ4v) is 4.82. The van der Waals surface area contributed by atoms with E-state index in [9.17, 15) is 9.59 Å². The molecule has 166 valence electrons. The lowest BCUT2D eigenvalue weighted by Crippen LogP contribution is -2.32. The van der Waals surface area contributed by atoms with Crippen molar-refractivity contribution in [2.75, 3.05) is 6.54 Å². The van der Waals surface area contributed by atoms with Crippen molar-refractivity contribution < 1.29 is 9.59 Å². The Kier molecular flexibility index (Phi) is 4.89. The van der Waals surface area contributed by atoms with Crippen molar-refractivity contribution in [2.24, 2.45) is 4.99 Å². The number of halogens is 1. The maximum absolute atomic E-state index is 12.8. The van der Waals surface area contributed by atoms with Crippen LogP contribution in [0.3, 0.4) is 0 Å². The van der Waals surface area contributed by atoms with Gasteiger partial charge < -0.3 is 0 Å². The minimum Gasteiger partial charge on any atom is -0.298 e. The van der Waals surface area contributed by atoms with Gasteiger partial charge in [0, 0.05) is 41.0 Å². The van der Waals surface area contributed by atoms with Crippen LogP contribution >= 0.6 is 11.6 Å². The number of benzene rings is 3. The molecule has 2 aliphatic heterocycles. The molecule has 0 saturated heterocycles. The van der Waals surface area contributed by atoms with Crippen molar-refractivity contribution in [3.05, 3.63) is 118 Å². The monoisotopic (exact) mass is 466 g/mol. The van der Waals surface area contributed by atoms with Gasteiger partial charge in [-0.1, -0.05) is 54.1 Å². The molecule has 7 heteroatoms. The first-order chi connectivity index (χ1) is 16.6. The van der Waals surface area contributed by atoms with Gasteiger partial charge >= 0.3 is 0 Å². The second-order valence-electron chi connectivity index (χ2n) is 8.25. The van der Waals surface area contributed by atoms with Crippen molar-refractivity contribution in [3.63, 3.8) is 0 Å². The molecule has 2 amide bonds. The fourth-order valence-electron chi connectivity index (χ4n) is 4.65. The van der Waals surface area contributed by atoms with Crippen molar-refractivity contribution in [1.29, 1.82) is 0 Å². The molecular formula is C27H19ClN4O2. The Morgan fingerprint density at radius 1 is 0.853 bits per heavy atom. The maximum atomic E-state index is 12.8. The first kappa shape index (κ1) is 20.6. The third kappa shape index (κ3) is 3.26. The van der Waals surface area contributed by atoms with Crippen LogP contribution in [-0.4, -0.2) is 38.5 Å². The zero-order valence-electron chi connectivity index (χ0n) is 18.1. The fraction of sp³-hybridized carbons (Fsp3) is 0.111. The largest absolute Gasteiger partial charge is 0.298 e. The van der Waals surface area contributed by atoms with E-state index < -0.39 is 0 Å².